The van der Waals surface area contributed by atoms with Gasteiger partial charge in [0.1, 0.15) is 11.6 Å². The van der Waals surface area contributed by atoms with Crippen LogP contribution in [0.3, 0.4) is 0 Å². The summed E-state index contributed by atoms with van der Waals surface area (Å²) in [5.41, 5.74) is -0.495. The van der Waals surface area contributed by atoms with Gasteiger partial charge in [-0.15, -0.1) is 0 Å². The smallest absolute Gasteiger partial charge is 0.297 e. The highest BCUT2D eigenvalue weighted by molar-refractivity contribution is 5.23. The topological polar surface area (TPSA) is 56.9 Å². The van der Waals surface area contributed by atoms with Crippen LogP contribution in [0.5, 0.6) is 0 Å². The van der Waals surface area contributed by atoms with Crippen molar-refractivity contribution in [1.29, 1.82) is 0 Å². The third-order valence-electron chi connectivity index (χ3n) is 2.78. The Labute approximate surface area is 109 Å². The molecule has 0 aliphatic heterocycles. The van der Waals surface area contributed by atoms with E-state index >= 15 is 0 Å². The Morgan fingerprint density at radius 2 is 1.95 bits per heavy atom. The van der Waals surface area contributed by atoms with Gasteiger partial charge in [0.15, 0.2) is 0 Å². The third-order valence-corrected chi connectivity index (χ3v) is 2.78. The molecule has 0 saturated carbocycles. The maximum Gasteiger partial charge on any atom is 0.337 e. The van der Waals surface area contributed by atoms with Crippen molar-refractivity contribution in [1.82, 2.24) is 14.1 Å². The first-order chi connectivity index (χ1) is 8.91. The Morgan fingerprint density at radius 3 is 2.47 bits per heavy atom. The van der Waals surface area contributed by atoms with E-state index in [9.17, 15) is 14.0 Å². The van der Waals surface area contributed by atoms with Crippen LogP contribution in [0.1, 0.15) is 25.5 Å². The molecule has 0 unspecified atom stereocenters. The summed E-state index contributed by atoms with van der Waals surface area (Å²) in [6.45, 7) is 5.31. The van der Waals surface area contributed by atoms with E-state index in [4.69, 9.17) is 0 Å². The SMILES string of the molecule is Cc1cn(C(C)C)c(=O)n(-c2ccc(F)cn2)c1=O. The van der Waals surface area contributed by atoms with Crippen LogP contribution in [0, 0.1) is 12.7 Å². The molecule has 100 valence electrons. The van der Waals surface area contributed by atoms with E-state index in [0.717, 1.165) is 16.8 Å². The van der Waals surface area contributed by atoms with Gasteiger partial charge in [0.05, 0.1) is 6.20 Å². The lowest BCUT2D eigenvalue weighted by atomic mass is 10.3. The Balaban J connectivity index is 2.79. The van der Waals surface area contributed by atoms with Gasteiger partial charge in [-0.25, -0.2) is 18.7 Å². The molecule has 6 heteroatoms. The molecule has 2 heterocycles. The van der Waals surface area contributed by atoms with Gasteiger partial charge in [-0.3, -0.25) is 9.36 Å². The number of aromatic nitrogens is 3. The monoisotopic (exact) mass is 263 g/mol. The predicted octanol–water partition coefficient (Wildman–Crippen LogP) is 1.42. The second kappa shape index (κ2) is 4.79. The first kappa shape index (κ1) is 13.2. The number of hydrogen-bond donors (Lipinski definition) is 0. The summed E-state index contributed by atoms with van der Waals surface area (Å²) in [6.07, 6.45) is 2.50. The lowest BCUT2D eigenvalue weighted by Gasteiger charge is -2.13. The van der Waals surface area contributed by atoms with Gasteiger partial charge >= 0.3 is 5.69 Å². The van der Waals surface area contributed by atoms with Gasteiger partial charge in [-0.1, -0.05) is 0 Å². The molecule has 0 bridgehead atoms. The highest BCUT2D eigenvalue weighted by atomic mass is 19.1. The third kappa shape index (κ3) is 2.33. The number of nitrogens with zero attached hydrogens (tertiary/aromatic N) is 3. The number of halogens is 1. The number of pyridine rings is 1. The van der Waals surface area contributed by atoms with Crippen LogP contribution in [0.2, 0.25) is 0 Å². The zero-order valence-corrected chi connectivity index (χ0v) is 10.9. The second-order valence-electron chi connectivity index (χ2n) is 4.57. The maximum atomic E-state index is 12.9. The quantitative estimate of drug-likeness (QED) is 0.823. The first-order valence-electron chi connectivity index (χ1n) is 5.88. The van der Waals surface area contributed by atoms with Gasteiger partial charge in [0, 0.05) is 17.8 Å². The lowest BCUT2D eigenvalue weighted by molar-refractivity contribution is 0.540. The molecule has 0 N–H and O–H groups in total. The Hall–Kier alpha value is -2.24. The molecule has 2 aromatic rings. The average Bonchev–Trinajstić information content (AvgIpc) is 2.36. The highest BCUT2D eigenvalue weighted by Crippen LogP contribution is 2.03. The van der Waals surface area contributed by atoms with E-state index in [0.29, 0.717) is 5.56 Å². The van der Waals surface area contributed by atoms with Gasteiger partial charge < -0.3 is 0 Å². The Bertz CT molecular complexity index is 714. The molecule has 0 aliphatic rings. The molecular weight excluding hydrogens is 249 g/mol. The minimum atomic E-state index is -0.520. The van der Waals surface area contributed by atoms with E-state index in [-0.39, 0.29) is 11.9 Å². The molecule has 2 rings (SSSR count). The van der Waals surface area contributed by atoms with E-state index in [1.165, 1.54) is 16.8 Å². The molecule has 0 fully saturated rings. The maximum absolute atomic E-state index is 12.9. The van der Waals surface area contributed by atoms with Gasteiger partial charge in [-0.2, -0.15) is 0 Å². The van der Waals surface area contributed by atoms with Crippen LogP contribution in [0.25, 0.3) is 5.82 Å². The molecule has 0 aliphatic carbocycles. The molecule has 0 aromatic carbocycles. The Kier molecular flexibility index (Phi) is 3.33. The molecule has 0 amide bonds. The van der Waals surface area contributed by atoms with Crippen LogP contribution in [0.15, 0.2) is 34.1 Å². The zero-order valence-electron chi connectivity index (χ0n) is 10.9. The molecule has 0 radical (unpaired) electrons. The molecule has 0 saturated heterocycles. The predicted molar refractivity (Wildman–Crippen MR) is 69.2 cm³/mol. The molecule has 2 aromatic heterocycles. The summed E-state index contributed by atoms with van der Waals surface area (Å²) in [5.74, 6) is -0.400. The fourth-order valence-corrected chi connectivity index (χ4v) is 1.77. The summed E-state index contributed by atoms with van der Waals surface area (Å²) < 4.78 is 15.3. The summed E-state index contributed by atoms with van der Waals surface area (Å²) in [6, 6.07) is 2.39. The molecular formula is C13H14FN3O2. The fourth-order valence-electron chi connectivity index (χ4n) is 1.77. The van der Waals surface area contributed by atoms with Gasteiger partial charge in [-0.05, 0) is 32.9 Å². The van der Waals surface area contributed by atoms with Gasteiger partial charge in [0.2, 0.25) is 0 Å². The van der Waals surface area contributed by atoms with Crippen molar-refractivity contribution in [3.63, 3.8) is 0 Å². The van der Waals surface area contributed by atoms with Crippen LogP contribution in [0.4, 0.5) is 4.39 Å². The van der Waals surface area contributed by atoms with Crippen molar-refractivity contribution < 1.29 is 4.39 Å². The van der Waals surface area contributed by atoms with E-state index in [2.05, 4.69) is 4.98 Å². The number of rotatable bonds is 2. The fraction of sp³-hybridized carbons (Fsp3) is 0.308. The number of aryl methyl sites for hydroxylation is 1. The second-order valence-corrected chi connectivity index (χ2v) is 4.57. The van der Waals surface area contributed by atoms with Crippen LogP contribution in [-0.4, -0.2) is 14.1 Å². The molecule has 0 atom stereocenters. The van der Waals surface area contributed by atoms with Crippen molar-refractivity contribution >= 4 is 0 Å². The van der Waals surface area contributed by atoms with E-state index in [1.807, 2.05) is 13.8 Å². The first-order valence-corrected chi connectivity index (χ1v) is 5.88. The van der Waals surface area contributed by atoms with Crippen molar-refractivity contribution in [2.75, 3.05) is 0 Å². The minimum absolute atomic E-state index is 0.0847. The lowest BCUT2D eigenvalue weighted by Crippen LogP contribution is -2.40. The highest BCUT2D eigenvalue weighted by Gasteiger charge is 2.13. The van der Waals surface area contributed by atoms with Crippen LogP contribution < -0.4 is 11.2 Å². The Morgan fingerprint density at radius 1 is 1.26 bits per heavy atom. The van der Waals surface area contributed by atoms with Crippen LogP contribution >= 0.6 is 0 Å². The van der Waals surface area contributed by atoms with Crippen LogP contribution in [-0.2, 0) is 0 Å². The summed E-state index contributed by atoms with van der Waals surface area (Å²) in [4.78, 5) is 28.1. The summed E-state index contributed by atoms with van der Waals surface area (Å²) >= 11 is 0. The largest absolute Gasteiger partial charge is 0.337 e. The van der Waals surface area contributed by atoms with E-state index < -0.39 is 17.1 Å². The molecule has 19 heavy (non-hydrogen) atoms. The molecule has 0 spiro atoms. The van der Waals surface area contributed by atoms with Crippen molar-refractivity contribution in [3.05, 3.63) is 56.7 Å². The minimum Gasteiger partial charge on any atom is -0.297 e. The van der Waals surface area contributed by atoms with Crippen molar-refractivity contribution in [3.8, 4) is 5.82 Å². The zero-order chi connectivity index (χ0) is 14.2. The number of hydrogen-bond acceptors (Lipinski definition) is 3. The van der Waals surface area contributed by atoms with Gasteiger partial charge in [0.25, 0.3) is 5.56 Å². The molecule has 5 nitrogen and oxygen atoms in total. The standard InChI is InChI=1S/C13H14FN3O2/c1-8(2)16-7-9(3)12(18)17(13(16)19)11-5-4-10(14)6-15-11/h4-8H,1-3H3. The van der Waals surface area contributed by atoms with Crippen molar-refractivity contribution in [2.45, 2.75) is 26.8 Å². The van der Waals surface area contributed by atoms with Crippen molar-refractivity contribution in [2.24, 2.45) is 0 Å². The van der Waals surface area contributed by atoms with E-state index in [1.54, 1.807) is 6.92 Å². The summed E-state index contributed by atoms with van der Waals surface area (Å²) in [7, 11) is 0. The average molecular weight is 263 g/mol. The normalized spacial score (nSPS) is 11.0. The summed E-state index contributed by atoms with van der Waals surface area (Å²) in [5, 5.41) is 0.